The molecule has 2 aromatic carbocycles. The van der Waals surface area contributed by atoms with Crippen LogP contribution in [0, 0.1) is 41.5 Å². The van der Waals surface area contributed by atoms with Crippen molar-refractivity contribution in [2.24, 2.45) is 9.98 Å². The Morgan fingerprint density at radius 3 is 1.23 bits per heavy atom. The van der Waals surface area contributed by atoms with E-state index in [0.717, 1.165) is 59.1 Å². The third-order valence-corrected chi connectivity index (χ3v) is 7.58. The number of Topliss-reactive ketones (excluding diaryl/α,β-unsaturated/α-hetero) is 2. The Hall–Kier alpha value is -3.80. The number of benzene rings is 2. The van der Waals surface area contributed by atoms with Crippen molar-refractivity contribution in [2.75, 3.05) is 0 Å². The number of carbonyl (C=O) groups excluding carboxylic acids is 2. The monoisotopic (exact) mass is 542 g/mol. The minimum Gasteiger partial charge on any atom is -0.506 e. The fourth-order valence-electron chi connectivity index (χ4n) is 5.79. The molecule has 6 heteroatoms. The van der Waals surface area contributed by atoms with Gasteiger partial charge in [0.1, 0.15) is 11.5 Å². The average molecular weight is 543 g/mol. The van der Waals surface area contributed by atoms with Gasteiger partial charge in [-0.25, -0.2) is 0 Å². The first kappa shape index (κ1) is 30.7. The summed E-state index contributed by atoms with van der Waals surface area (Å²) in [6, 6.07) is 7.49. The highest BCUT2D eigenvalue weighted by Gasteiger charge is 2.25. The lowest BCUT2D eigenvalue weighted by atomic mass is 9.90. The Kier molecular flexibility index (Phi) is 10.0. The Bertz CT molecular complexity index is 1290. The first-order valence-electron chi connectivity index (χ1n) is 13.9. The molecule has 0 spiro atoms. The Balaban J connectivity index is 1.98. The maximum atomic E-state index is 12.6. The summed E-state index contributed by atoms with van der Waals surface area (Å²) >= 11 is 0. The summed E-state index contributed by atoms with van der Waals surface area (Å²) in [5, 5.41) is 22.3. The molecule has 1 saturated carbocycles. The van der Waals surface area contributed by atoms with E-state index in [-0.39, 0.29) is 46.3 Å². The third-order valence-electron chi connectivity index (χ3n) is 7.58. The summed E-state index contributed by atoms with van der Waals surface area (Å²) in [6.07, 6.45) is 6.44. The van der Waals surface area contributed by atoms with Crippen molar-refractivity contribution < 1.29 is 19.8 Å². The number of carbonyl (C=O) groups is 2. The minimum atomic E-state index is -0.271. The van der Waals surface area contributed by atoms with E-state index in [1.165, 1.54) is 26.3 Å². The number of aliphatic hydroxyl groups is 2. The molecule has 212 valence electrons. The van der Waals surface area contributed by atoms with Crippen LogP contribution in [-0.4, -0.2) is 46.3 Å². The Labute approximate surface area is 238 Å². The van der Waals surface area contributed by atoms with Crippen LogP contribution in [-0.2, 0) is 9.59 Å². The molecular formula is C34H42N2O4. The normalized spacial score (nSPS) is 19.1. The zero-order valence-corrected chi connectivity index (χ0v) is 25.1. The molecule has 3 rings (SSSR count). The van der Waals surface area contributed by atoms with Gasteiger partial charge < -0.3 is 10.2 Å². The lowest BCUT2D eigenvalue weighted by Gasteiger charge is -2.25. The van der Waals surface area contributed by atoms with Crippen molar-refractivity contribution in [3.8, 4) is 0 Å². The SMILES string of the molecule is CC(=O)/C(C=N[C@H]1CCCC[C@@H]1N=C/C(C(C)=O)=C(/O)c1c(C)cc(C)cc1C)=C(\O)c1c(C)cc(C)cc1C. The summed E-state index contributed by atoms with van der Waals surface area (Å²) in [6.45, 7) is 14.5. The zero-order valence-electron chi connectivity index (χ0n) is 25.1. The molecule has 40 heavy (non-hydrogen) atoms. The van der Waals surface area contributed by atoms with Crippen LogP contribution in [0.5, 0.6) is 0 Å². The number of rotatable bonds is 8. The van der Waals surface area contributed by atoms with E-state index in [1.807, 2.05) is 65.8 Å². The molecule has 2 aromatic rings. The van der Waals surface area contributed by atoms with Gasteiger partial charge in [-0.2, -0.15) is 0 Å². The number of hydrogen-bond acceptors (Lipinski definition) is 6. The highest BCUT2D eigenvalue weighted by molar-refractivity contribution is 6.18. The quantitative estimate of drug-likeness (QED) is 0.206. The highest BCUT2D eigenvalue weighted by Crippen LogP contribution is 2.29. The Morgan fingerprint density at radius 1 is 0.650 bits per heavy atom. The third kappa shape index (κ3) is 7.04. The van der Waals surface area contributed by atoms with Crippen molar-refractivity contribution >= 4 is 35.5 Å². The number of aliphatic hydroxyl groups excluding tert-OH is 2. The van der Waals surface area contributed by atoms with Crippen LogP contribution < -0.4 is 0 Å². The number of nitrogens with zero attached hydrogens (tertiary/aromatic N) is 2. The first-order chi connectivity index (χ1) is 18.8. The number of hydrogen-bond donors (Lipinski definition) is 2. The van der Waals surface area contributed by atoms with Gasteiger partial charge in [-0.15, -0.1) is 0 Å². The molecule has 0 bridgehead atoms. The number of aryl methyl sites for hydroxylation is 6. The van der Waals surface area contributed by atoms with Gasteiger partial charge in [0.2, 0.25) is 0 Å². The van der Waals surface area contributed by atoms with Crippen LogP contribution >= 0.6 is 0 Å². The van der Waals surface area contributed by atoms with Crippen LogP contribution in [0.1, 0.15) is 84.0 Å². The van der Waals surface area contributed by atoms with E-state index in [0.29, 0.717) is 11.1 Å². The van der Waals surface area contributed by atoms with E-state index in [4.69, 9.17) is 9.98 Å². The molecule has 6 nitrogen and oxygen atoms in total. The maximum absolute atomic E-state index is 12.6. The van der Waals surface area contributed by atoms with Crippen molar-refractivity contribution in [1.82, 2.24) is 0 Å². The lowest BCUT2D eigenvalue weighted by molar-refractivity contribution is -0.114. The molecule has 2 atom stereocenters. The largest absolute Gasteiger partial charge is 0.506 e. The zero-order chi connectivity index (χ0) is 29.7. The molecule has 0 heterocycles. The van der Waals surface area contributed by atoms with E-state index >= 15 is 0 Å². The van der Waals surface area contributed by atoms with E-state index in [1.54, 1.807) is 0 Å². The van der Waals surface area contributed by atoms with Gasteiger partial charge in [0, 0.05) is 23.6 Å². The molecule has 1 fully saturated rings. The minimum absolute atomic E-state index is 0.0716. The topological polar surface area (TPSA) is 99.3 Å². The first-order valence-corrected chi connectivity index (χ1v) is 13.9. The predicted octanol–water partition coefficient (Wildman–Crippen LogP) is 7.41. The van der Waals surface area contributed by atoms with Gasteiger partial charge in [0.05, 0.1) is 23.2 Å². The summed E-state index contributed by atoms with van der Waals surface area (Å²) in [4.78, 5) is 34.6. The second-order valence-electron chi connectivity index (χ2n) is 11.2. The van der Waals surface area contributed by atoms with Crippen LogP contribution in [0.3, 0.4) is 0 Å². The maximum Gasteiger partial charge on any atom is 0.165 e. The molecule has 0 amide bonds. The average Bonchev–Trinajstić information content (AvgIpc) is 2.83. The van der Waals surface area contributed by atoms with Crippen LogP contribution in [0.15, 0.2) is 45.4 Å². The number of allylic oxidation sites excluding steroid dienone is 2. The van der Waals surface area contributed by atoms with E-state index in [9.17, 15) is 19.8 Å². The van der Waals surface area contributed by atoms with Crippen molar-refractivity contribution in [3.05, 3.63) is 79.9 Å². The molecule has 1 aliphatic rings. The summed E-state index contributed by atoms with van der Waals surface area (Å²) in [5.41, 5.74) is 7.37. The van der Waals surface area contributed by atoms with Gasteiger partial charge >= 0.3 is 0 Å². The van der Waals surface area contributed by atoms with Gasteiger partial charge in [-0.1, -0.05) is 48.2 Å². The smallest absolute Gasteiger partial charge is 0.165 e. The number of ketones is 2. The molecule has 0 unspecified atom stereocenters. The molecule has 0 aliphatic heterocycles. The van der Waals surface area contributed by atoms with E-state index < -0.39 is 0 Å². The number of aliphatic imine (C=N–C) groups is 2. The highest BCUT2D eigenvalue weighted by atomic mass is 16.3. The Morgan fingerprint density at radius 2 is 0.950 bits per heavy atom. The van der Waals surface area contributed by atoms with E-state index in [2.05, 4.69) is 0 Å². The standard InChI is InChI=1S/C34H42N2O4/c1-19-13-21(3)31(22(4)14-19)33(39)27(25(7)37)17-35-29-11-9-10-12-30(29)36-18-28(26(8)38)34(40)32-23(5)15-20(2)16-24(32)6/h13-18,29-30,39-40H,9-12H2,1-8H3/b33-27-,34-28-,35-17?,36-18?/t29-,30-/m0/s1. The fourth-order valence-corrected chi connectivity index (χ4v) is 5.79. The van der Waals surface area contributed by atoms with Gasteiger partial charge in [0.15, 0.2) is 11.6 Å². The predicted molar refractivity (Wildman–Crippen MR) is 165 cm³/mol. The molecule has 1 aliphatic carbocycles. The molecule has 2 N–H and O–H groups in total. The fraction of sp³-hybridized carbons (Fsp3) is 0.412. The summed E-state index contributed by atoms with van der Waals surface area (Å²) in [5.74, 6) is -0.686. The summed E-state index contributed by atoms with van der Waals surface area (Å²) < 4.78 is 0. The van der Waals surface area contributed by atoms with Gasteiger partial charge in [-0.05, 0) is 90.5 Å². The second-order valence-corrected chi connectivity index (χ2v) is 11.2. The molecule has 0 saturated heterocycles. The van der Waals surface area contributed by atoms with Gasteiger partial charge in [0.25, 0.3) is 0 Å². The van der Waals surface area contributed by atoms with Crippen LogP contribution in [0.25, 0.3) is 11.5 Å². The van der Waals surface area contributed by atoms with Crippen LogP contribution in [0.4, 0.5) is 0 Å². The lowest BCUT2D eigenvalue weighted by Crippen LogP contribution is -2.27. The van der Waals surface area contributed by atoms with Crippen LogP contribution in [0.2, 0.25) is 0 Å². The molecule has 0 aromatic heterocycles. The summed E-state index contributed by atoms with van der Waals surface area (Å²) in [7, 11) is 0. The van der Waals surface area contributed by atoms with Gasteiger partial charge in [-0.3, -0.25) is 19.6 Å². The second kappa shape index (κ2) is 13.0. The van der Waals surface area contributed by atoms with Crippen molar-refractivity contribution in [1.29, 1.82) is 0 Å². The van der Waals surface area contributed by atoms with Crippen molar-refractivity contribution in [2.45, 2.75) is 93.2 Å². The van der Waals surface area contributed by atoms with Crippen molar-refractivity contribution in [3.63, 3.8) is 0 Å². The molecular weight excluding hydrogens is 500 g/mol. The molecule has 0 radical (unpaired) electrons.